The number of piperidine rings is 1. The Morgan fingerprint density at radius 3 is 2.61 bits per heavy atom. The zero-order chi connectivity index (χ0) is 21.8. The molecule has 1 saturated heterocycles. The van der Waals surface area contributed by atoms with E-state index in [9.17, 15) is 9.59 Å². The first-order chi connectivity index (χ1) is 15.0. The molecule has 9 heteroatoms. The average Bonchev–Trinajstić information content (AvgIpc) is 3.29. The minimum absolute atomic E-state index is 0.0965. The summed E-state index contributed by atoms with van der Waals surface area (Å²) in [6, 6.07) is 10.9. The third-order valence-electron chi connectivity index (χ3n) is 5.37. The van der Waals surface area contributed by atoms with Crippen molar-refractivity contribution in [1.82, 2.24) is 20.4 Å². The lowest BCUT2D eigenvalue weighted by Gasteiger charge is -2.32. The summed E-state index contributed by atoms with van der Waals surface area (Å²) in [4.78, 5) is 31.1. The van der Waals surface area contributed by atoms with E-state index < -0.39 is 0 Å². The van der Waals surface area contributed by atoms with Crippen molar-refractivity contribution >= 4 is 35.0 Å². The van der Waals surface area contributed by atoms with Crippen LogP contribution in [0.15, 0.2) is 53.4 Å². The minimum atomic E-state index is -0.287. The van der Waals surface area contributed by atoms with Crippen molar-refractivity contribution in [3.05, 3.63) is 70.2 Å². The summed E-state index contributed by atoms with van der Waals surface area (Å²) >= 11 is 11.9. The monoisotopic (exact) mass is 458 g/mol. The van der Waals surface area contributed by atoms with Gasteiger partial charge in [0.15, 0.2) is 0 Å². The van der Waals surface area contributed by atoms with E-state index in [-0.39, 0.29) is 27.9 Å². The molecule has 31 heavy (non-hydrogen) atoms. The molecule has 4 rings (SSSR count). The predicted molar refractivity (Wildman–Crippen MR) is 117 cm³/mol. The Bertz CT molecular complexity index is 1080. The SMILES string of the molecule is O=C(NCC1CCN(C(=O)c2conc2-c2ccccc2)CC1)c1cc(Cl)ncc1Cl. The Balaban J connectivity index is 1.32. The molecule has 3 heterocycles. The van der Waals surface area contributed by atoms with E-state index in [0.717, 1.165) is 18.4 Å². The van der Waals surface area contributed by atoms with Gasteiger partial charge in [-0.05, 0) is 24.8 Å². The van der Waals surface area contributed by atoms with Gasteiger partial charge in [0.2, 0.25) is 0 Å². The van der Waals surface area contributed by atoms with E-state index in [4.69, 9.17) is 27.7 Å². The van der Waals surface area contributed by atoms with Gasteiger partial charge >= 0.3 is 0 Å². The molecule has 2 aromatic heterocycles. The van der Waals surface area contributed by atoms with Crippen LogP contribution in [0, 0.1) is 5.92 Å². The van der Waals surface area contributed by atoms with Crippen molar-refractivity contribution in [3.63, 3.8) is 0 Å². The molecule has 1 fully saturated rings. The fourth-order valence-corrected chi connectivity index (χ4v) is 3.97. The Morgan fingerprint density at radius 2 is 1.87 bits per heavy atom. The Labute approximate surface area is 189 Å². The molecule has 0 unspecified atom stereocenters. The molecule has 2 amide bonds. The normalized spacial score (nSPS) is 14.5. The lowest BCUT2D eigenvalue weighted by Crippen LogP contribution is -2.41. The van der Waals surface area contributed by atoms with Gasteiger partial charge in [-0.3, -0.25) is 9.59 Å². The standard InChI is InChI=1S/C22H20Cl2N4O3/c23-18-12-25-19(24)10-16(18)21(29)26-11-14-6-8-28(9-7-14)22(30)17-13-31-27-20(17)15-4-2-1-3-5-15/h1-5,10,12-14H,6-9,11H2,(H,26,29). The number of carbonyl (C=O) groups is 2. The molecule has 7 nitrogen and oxygen atoms in total. The smallest absolute Gasteiger partial charge is 0.259 e. The molecule has 1 aromatic carbocycles. The highest BCUT2D eigenvalue weighted by atomic mass is 35.5. The van der Waals surface area contributed by atoms with E-state index in [2.05, 4.69) is 15.5 Å². The van der Waals surface area contributed by atoms with Crippen LogP contribution in [0.1, 0.15) is 33.6 Å². The van der Waals surface area contributed by atoms with Crippen molar-refractivity contribution in [2.45, 2.75) is 12.8 Å². The fraction of sp³-hybridized carbons (Fsp3) is 0.273. The molecule has 0 saturated carbocycles. The van der Waals surface area contributed by atoms with Crippen molar-refractivity contribution in [3.8, 4) is 11.3 Å². The number of likely N-dealkylation sites (tertiary alicyclic amines) is 1. The first-order valence-corrected chi connectivity index (χ1v) is 10.7. The van der Waals surface area contributed by atoms with Crippen LogP contribution in [0.4, 0.5) is 0 Å². The second kappa shape index (κ2) is 9.49. The molecule has 1 aliphatic heterocycles. The van der Waals surface area contributed by atoms with E-state index >= 15 is 0 Å². The maximum Gasteiger partial charge on any atom is 0.259 e. The third-order valence-corrected chi connectivity index (χ3v) is 5.87. The number of rotatable bonds is 5. The van der Waals surface area contributed by atoms with Crippen LogP contribution < -0.4 is 5.32 Å². The average molecular weight is 459 g/mol. The predicted octanol–water partition coefficient (Wildman–Crippen LogP) is 4.33. The third kappa shape index (κ3) is 4.89. The highest BCUT2D eigenvalue weighted by Crippen LogP contribution is 2.25. The lowest BCUT2D eigenvalue weighted by atomic mass is 9.96. The number of benzene rings is 1. The number of hydrogen-bond donors (Lipinski definition) is 1. The molecule has 0 spiro atoms. The van der Waals surface area contributed by atoms with Gasteiger partial charge in [0.05, 0.1) is 10.6 Å². The van der Waals surface area contributed by atoms with Crippen LogP contribution in [-0.2, 0) is 0 Å². The molecule has 0 aliphatic carbocycles. The number of pyridine rings is 1. The second-order valence-electron chi connectivity index (χ2n) is 7.38. The molecule has 0 bridgehead atoms. The topological polar surface area (TPSA) is 88.3 Å². The zero-order valence-electron chi connectivity index (χ0n) is 16.6. The van der Waals surface area contributed by atoms with Gasteiger partial charge in [0.25, 0.3) is 11.8 Å². The van der Waals surface area contributed by atoms with Crippen molar-refractivity contribution < 1.29 is 14.1 Å². The van der Waals surface area contributed by atoms with E-state index in [0.29, 0.717) is 36.5 Å². The lowest BCUT2D eigenvalue weighted by molar-refractivity contribution is 0.0684. The fourth-order valence-electron chi connectivity index (χ4n) is 3.62. The summed E-state index contributed by atoms with van der Waals surface area (Å²) < 4.78 is 5.09. The van der Waals surface area contributed by atoms with Gasteiger partial charge in [-0.25, -0.2) is 4.98 Å². The maximum absolute atomic E-state index is 13.0. The van der Waals surface area contributed by atoms with Crippen molar-refractivity contribution in [1.29, 1.82) is 0 Å². The molecule has 3 aromatic rings. The largest absolute Gasteiger partial charge is 0.363 e. The summed E-state index contributed by atoms with van der Waals surface area (Å²) in [5.74, 6) is -0.120. The van der Waals surface area contributed by atoms with Crippen LogP contribution in [0.2, 0.25) is 10.2 Å². The van der Waals surface area contributed by atoms with E-state index in [1.54, 1.807) is 4.90 Å². The van der Waals surface area contributed by atoms with Gasteiger partial charge in [0.1, 0.15) is 22.7 Å². The number of carbonyl (C=O) groups excluding carboxylic acids is 2. The number of hydrogen-bond acceptors (Lipinski definition) is 5. The minimum Gasteiger partial charge on any atom is -0.363 e. The molecular weight excluding hydrogens is 439 g/mol. The highest BCUT2D eigenvalue weighted by Gasteiger charge is 2.27. The summed E-state index contributed by atoms with van der Waals surface area (Å²) in [5, 5.41) is 7.38. The molecule has 1 N–H and O–H groups in total. The van der Waals surface area contributed by atoms with Gasteiger partial charge in [-0.1, -0.05) is 58.7 Å². The number of amides is 2. The van der Waals surface area contributed by atoms with E-state index in [1.165, 1.54) is 18.5 Å². The Hall–Kier alpha value is -2.90. The van der Waals surface area contributed by atoms with Crippen LogP contribution in [-0.4, -0.2) is 46.5 Å². The number of nitrogens with one attached hydrogen (secondary N) is 1. The summed E-state index contributed by atoms with van der Waals surface area (Å²) in [6.07, 6.45) is 4.32. The molecule has 160 valence electrons. The summed E-state index contributed by atoms with van der Waals surface area (Å²) in [7, 11) is 0. The van der Waals surface area contributed by atoms with Gasteiger partial charge in [-0.15, -0.1) is 0 Å². The first-order valence-electron chi connectivity index (χ1n) is 9.91. The van der Waals surface area contributed by atoms with Gasteiger partial charge < -0.3 is 14.7 Å². The summed E-state index contributed by atoms with van der Waals surface area (Å²) in [5.41, 5.74) is 2.15. The maximum atomic E-state index is 13.0. The molecule has 0 atom stereocenters. The molecular formula is C22H20Cl2N4O3. The number of halogens is 2. The number of aromatic nitrogens is 2. The zero-order valence-corrected chi connectivity index (χ0v) is 18.1. The van der Waals surface area contributed by atoms with Crippen LogP contribution >= 0.6 is 23.2 Å². The highest BCUT2D eigenvalue weighted by molar-refractivity contribution is 6.35. The second-order valence-corrected chi connectivity index (χ2v) is 8.17. The van der Waals surface area contributed by atoms with Crippen LogP contribution in [0.25, 0.3) is 11.3 Å². The Kier molecular flexibility index (Phi) is 6.53. The van der Waals surface area contributed by atoms with Gasteiger partial charge in [0, 0.05) is 31.4 Å². The quantitative estimate of drug-likeness (QED) is 0.574. The van der Waals surface area contributed by atoms with Crippen molar-refractivity contribution in [2.24, 2.45) is 5.92 Å². The van der Waals surface area contributed by atoms with Crippen LogP contribution in [0.3, 0.4) is 0 Å². The van der Waals surface area contributed by atoms with E-state index in [1.807, 2.05) is 30.3 Å². The molecule has 1 aliphatic rings. The van der Waals surface area contributed by atoms with Gasteiger partial charge in [-0.2, -0.15) is 0 Å². The Morgan fingerprint density at radius 1 is 1.13 bits per heavy atom. The first kappa shape index (κ1) is 21.3. The molecule has 0 radical (unpaired) electrons. The number of nitrogens with zero attached hydrogens (tertiary/aromatic N) is 3. The summed E-state index contributed by atoms with van der Waals surface area (Å²) in [6.45, 7) is 1.70. The van der Waals surface area contributed by atoms with Crippen molar-refractivity contribution in [2.75, 3.05) is 19.6 Å². The van der Waals surface area contributed by atoms with Crippen LogP contribution in [0.5, 0.6) is 0 Å².